The first kappa shape index (κ1) is 23.6. The fraction of sp³-hybridized carbons (Fsp3) is 0.143. The fourth-order valence-corrected chi connectivity index (χ4v) is 5.26. The Morgan fingerprint density at radius 3 is 2.47 bits per heavy atom. The smallest absolute Gasteiger partial charge is 0.293 e. The number of aromatic nitrogens is 1. The zero-order chi connectivity index (χ0) is 25.1. The molecule has 8 heteroatoms. The van der Waals surface area contributed by atoms with Gasteiger partial charge in [-0.15, -0.1) is 0 Å². The van der Waals surface area contributed by atoms with Gasteiger partial charge in [0.1, 0.15) is 0 Å². The molecule has 1 aliphatic heterocycles. The van der Waals surface area contributed by atoms with Crippen molar-refractivity contribution in [3.8, 4) is 0 Å². The molecule has 2 amide bonds. The number of amides is 2. The lowest BCUT2D eigenvalue weighted by molar-refractivity contribution is -0.384. The van der Waals surface area contributed by atoms with Crippen LogP contribution in [0, 0.1) is 10.1 Å². The molecule has 180 valence electrons. The van der Waals surface area contributed by atoms with E-state index < -0.39 is 4.92 Å². The molecule has 3 aromatic carbocycles. The molecule has 2 heterocycles. The lowest BCUT2D eigenvalue weighted by Gasteiger charge is -2.12. The normalized spacial score (nSPS) is 14.8. The van der Waals surface area contributed by atoms with Crippen LogP contribution in [-0.4, -0.2) is 32.1 Å². The minimum atomic E-state index is -0.404. The third-order valence-electron chi connectivity index (χ3n) is 6.14. The second-order valence-electron chi connectivity index (χ2n) is 8.58. The van der Waals surface area contributed by atoms with E-state index in [0.717, 1.165) is 40.2 Å². The summed E-state index contributed by atoms with van der Waals surface area (Å²) in [6.07, 6.45) is 5.20. The first-order valence-corrected chi connectivity index (χ1v) is 12.4. The van der Waals surface area contributed by atoms with Crippen molar-refractivity contribution in [1.29, 1.82) is 0 Å². The SMILES string of the molecule is O=C1S/C(=C/c2cn(Cc3cccc([N+](=O)[O-])c3)c3ccccc23)C(=O)N1CCCc1ccccc1. The number of benzene rings is 3. The summed E-state index contributed by atoms with van der Waals surface area (Å²) in [5, 5.41) is 11.9. The van der Waals surface area contributed by atoms with Gasteiger partial charge in [0.15, 0.2) is 0 Å². The molecule has 7 nitrogen and oxygen atoms in total. The van der Waals surface area contributed by atoms with Gasteiger partial charge in [-0.2, -0.15) is 0 Å². The van der Waals surface area contributed by atoms with Gasteiger partial charge < -0.3 is 4.57 Å². The van der Waals surface area contributed by atoms with Crippen LogP contribution in [0.25, 0.3) is 17.0 Å². The van der Waals surface area contributed by atoms with Crippen LogP contribution in [0.2, 0.25) is 0 Å². The average Bonchev–Trinajstić information content (AvgIpc) is 3.36. The van der Waals surface area contributed by atoms with Crippen molar-refractivity contribution in [1.82, 2.24) is 9.47 Å². The molecule has 0 radical (unpaired) electrons. The van der Waals surface area contributed by atoms with Crippen molar-refractivity contribution in [2.24, 2.45) is 0 Å². The van der Waals surface area contributed by atoms with Gasteiger partial charge in [-0.25, -0.2) is 0 Å². The highest BCUT2D eigenvalue weighted by atomic mass is 32.2. The number of carbonyl (C=O) groups excluding carboxylic acids is 2. The Morgan fingerprint density at radius 1 is 0.917 bits per heavy atom. The number of aryl methyl sites for hydroxylation is 1. The number of imide groups is 1. The molecule has 36 heavy (non-hydrogen) atoms. The van der Waals surface area contributed by atoms with Crippen molar-refractivity contribution in [2.75, 3.05) is 6.54 Å². The summed E-state index contributed by atoms with van der Waals surface area (Å²) in [4.78, 5) is 38.1. The summed E-state index contributed by atoms with van der Waals surface area (Å²) in [5.74, 6) is -0.270. The van der Waals surface area contributed by atoms with E-state index in [1.807, 2.05) is 71.4 Å². The van der Waals surface area contributed by atoms with E-state index in [0.29, 0.717) is 24.4 Å². The Morgan fingerprint density at radius 2 is 1.67 bits per heavy atom. The third kappa shape index (κ3) is 4.94. The second-order valence-corrected chi connectivity index (χ2v) is 9.57. The zero-order valence-electron chi connectivity index (χ0n) is 19.4. The van der Waals surface area contributed by atoms with Crippen LogP contribution in [0.15, 0.2) is 90.0 Å². The van der Waals surface area contributed by atoms with Gasteiger partial charge in [0.05, 0.1) is 9.83 Å². The first-order chi connectivity index (χ1) is 17.5. The number of carbonyl (C=O) groups is 2. The van der Waals surface area contributed by atoms with Crippen molar-refractivity contribution in [2.45, 2.75) is 19.4 Å². The summed E-state index contributed by atoms with van der Waals surface area (Å²) in [5.41, 5.74) is 3.79. The minimum absolute atomic E-state index is 0.0464. The summed E-state index contributed by atoms with van der Waals surface area (Å²) in [7, 11) is 0. The lowest BCUT2D eigenvalue weighted by atomic mass is 10.1. The number of rotatable bonds is 8. The molecule has 1 aromatic heterocycles. The topological polar surface area (TPSA) is 85.5 Å². The lowest BCUT2D eigenvalue weighted by Crippen LogP contribution is -2.29. The molecule has 0 aliphatic carbocycles. The first-order valence-electron chi connectivity index (χ1n) is 11.6. The highest BCUT2D eigenvalue weighted by Gasteiger charge is 2.34. The van der Waals surface area contributed by atoms with E-state index in [-0.39, 0.29) is 16.8 Å². The van der Waals surface area contributed by atoms with Crippen LogP contribution >= 0.6 is 11.8 Å². The molecule has 0 N–H and O–H groups in total. The minimum Gasteiger partial charge on any atom is -0.342 e. The van der Waals surface area contributed by atoms with Gasteiger partial charge in [-0.3, -0.25) is 24.6 Å². The molecule has 4 aromatic rings. The predicted molar refractivity (Wildman–Crippen MR) is 142 cm³/mol. The maximum absolute atomic E-state index is 13.0. The standard InChI is InChI=1S/C28H23N3O4S/c32-27-26(36-28(33)30(27)15-7-11-20-8-2-1-3-9-20)17-22-19-29(25-14-5-4-13-24(22)25)18-21-10-6-12-23(16-21)31(34)35/h1-6,8-10,12-14,16-17,19H,7,11,15,18H2/b26-17+. The summed E-state index contributed by atoms with van der Waals surface area (Å²) < 4.78 is 2.00. The van der Waals surface area contributed by atoms with Gasteiger partial charge in [-0.1, -0.05) is 60.7 Å². The van der Waals surface area contributed by atoms with Gasteiger partial charge in [0, 0.05) is 47.9 Å². The largest absolute Gasteiger partial charge is 0.342 e. The number of nitrogens with zero attached hydrogens (tertiary/aromatic N) is 3. The molecule has 0 atom stereocenters. The molecule has 0 saturated carbocycles. The molecular formula is C28H23N3O4S. The number of fused-ring (bicyclic) bond motifs is 1. The molecule has 0 spiro atoms. The summed E-state index contributed by atoms with van der Waals surface area (Å²) >= 11 is 0.964. The number of thioether (sulfide) groups is 1. The maximum Gasteiger partial charge on any atom is 0.293 e. The number of non-ortho nitro benzene ring substituents is 1. The van der Waals surface area contributed by atoms with E-state index in [1.54, 1.807) is 18.2 Å². The van der Waals surface area contributed by atoms with Crippen LogP contribution < -0.4 is 0 Å². The molecule has 0 unspecified atom stereocenters. The van der Waals surface area contributed by atoms with E-state index in [2.05, 4.69) is 0 Å². The molecule has 0 bridgehead atoms. The fourth-order valence-electron chi connectivity index (χ4n) is 4.41. The van der Waals surface area contributed by atoms with Gasteiger partial charge >= 0.3 is 0 Å². The Balaban J connectivity index is 1.37. The van der Waals surface area contributed by atoms with Gasteiger partial charge in [0.2, 0.25) is 0 Å². The second kappa shape index (κ2) is 10.2. The van der Waals surface area contributed by atoms with Gasteiger partial charge in [-0.05, 0) is 47.9 Å². The highest BCUT2D eigenvalue weighted by molar-refractivity contribution is 8.18. The maximum atomic E-state index is 13.0. The molecular weight excluding hydrogens is 474 g/mol. The zero-order valence-corrected chi connectivity index (χ0v) is 20.2. The van der Waals surface area contributed by atoms with Gasteiger partial charge in [0.25, 0.3) is 16.8 Å². The molecule has 1 saturated heterocycles. The van der Waals surface area contributed by atoms with Crippen molar-refractivity contribution < 1.29 is 14.5 Å². The third-order valence-corrected chi connectivity index (χ3v) is 7.05. The number of nitro groups is 1. The predicted octanol–water partition coefficient (Wildman–Crippen LogP) is 6.27. The summed E-state index contributed by atoms with van der Waals surface area (Å²) in [6.45, 7) is 0.822. The van der Waals surface area contributed by atoms with Crippen molar-refractivity contribution in [3.05, 3.63) is 117 Å². The monoisotopic (exact) mass is 497 g/mol. The van der Waals surface area contributed by atoms with Crippen LogP contribution in [0.3, 0.4) is 0 Å². The number of hydrogen-bond donors (Lipinski definition) is 0. The van der Waals surface area contributed by atoms with Crippen molar-refractivity contribution >= 4 is 45.6 Å². The molecule has 5 rings (SSSR count). The van der Waals surface area contributed by atoms with Crippen LogP contribution in [0.5, 0.6) is 0 Å². The van der Waals surface area contributed by atoms with Crippen LogP contribution in [0.4, 0.5) is 10.5 Å². The Hall–Kier alpha value is -4.17. The summed E-state index contributed by atoms with van der Waals surface area (Å²) in [6, 6.07) is 24.4. The number of nitro benzene ring substituents is 1. The van der Waals surface area contributed by atoms with Crippen molar-refractivity contribution in [3.63, 3.8) is 0 Å². The van der Waals surface area contributed by atoms with Crippen LogP contribution in [-0.2, 0) is 17.8 Å². The number of para-hydroxylation sites is 1. The Bertz CT molecular complexity index is 1490. The highest BCUT2D eigenvalue weighted by Crippen LogP contribution is 2.34. The number of hydrogen-bond acceptors (Lipinski definition) is 5. The quantitative estimate of drug-likeness (QED) is 0.163. The van der Waals surface area contributed by atoms with E-state index in [9.17, 15) is 19.7 Å². The average molecular weight is 498 g/mol. The van der Waals surface area contributed by atoms with E-state index in [1.165, 1.54) is 16.5 Å². The Labute approximate surface area is 212 Å². The van der Waals surface area contributed by atoms with E-state index in [4.69, 9.17) is 0 Å². The van der Waals surface area contributed by atoms with E-state index >= 15 is 0 Å². The van der Waals surface area contributed by atoms with Crippen LogP contribution in [0.1, 0.15) is 23.1 Å². The molecule has 1 fully saturated rings. The molecule has 1 aliphatic rings. The Kier molecular flexibility index (Phi) is 6.69.